The number of hydrogen-bond donors (Lipinski definition) is 0. The van der Waals surface area contributed by atoms with Crippen LogP contribution in [-0.4, -0.2) is 28.1 Å². The third kappa shape index (κ3) is 10.7. The van der Waals surface area contributed by atoms with Gasteiger partial charge in [-0.15, -0.1) is 12.3 Å². The van der Waals surface area contributed by atoms with Crippen molar-refractivity contribution >= 4 is 8.32 Å². The molecule has 1 aromatic carbocycles. The molecule has 0 spiro atoms. The molecule has 0 fully saturated rings. The lowest BCUT2D eigenvalue weighted by Gasteiger charge is -2.39. The van der Waals surface area contributed by atoms with E-state index in [9.17, 15) is 0 Å². The van der Waals surface area contributed by atoms with E-state index >= 15 is 0 Å². The van der Waals surface area contributed by atoms with E-state index in [1.165, 1.54) is 31.2 Å². The molecule has 0 aliphatic carbocycles. The SMILES string of the molecule is C#CCCCCCCC[C@@H](CCOCc1ccc(OC)cc1)O[Si](C)(C)C(C)(C)C. The van der Waals surface area contributed by atoms with Crippen molar-refractivity contribution in [3.8, 4) is 18.1 Å². The summed E-state index contributed by atoms with van der Waals surface area (Å²) in [5.74, 6) is 3.60. The first kappa shape index (κ1) is 26.8. The zero-order valence-corrected chi connectivity index (χ0v) is 21.3. The number of rotatable bonds is 15. The molecule has 0 heterocycles. The largest absolute Gasteiger partial charge is 0.497 e. The van der Waals surface area contributed by atoms with Crippen LogP contribution >= 0.6 is 0 Å². The molecule has 1 rings (SSSR count). The van der Waals surface area contributed by atoms with E-state index in [-0.39, 0.29) is 11.1 Å². The number of unbranched alkanes of at least 4 members (excludes halogenated alkanes) is 5. The first-order valence-electron chi connectivity index (χ1n) is 11.5. The first-order chi connectivity index (χ1) is 14.2. The maximum atomic E-state index is 6.75. The average Bonchev–Trinajstić information content (AvgIpc) is 2.69. The van der Waals surface area contributed by atoms with Gasteiger partial charge in [0.25, 0.3) is 0 Å². The third-order valence-electron chi connectivity index (χ3n) is 6.13. The van der Waals surface area contributed by atoms with Crippen molar-refractivity contribution in [1.82, 2.24) is 0 Å². The predicted molar refractivity (Wildman–Crippen MR) is 130 cm³/mol. The van der Waals surface area contributed by atoms with Gasteiger partial charge < -0.3 is 13.9 Å². The molecular weight excluding hydrogens is 388 g/mol. The Bertz CT molecular complexity index is 611. The summed E-state index contributed by atoms with van der Waals surface area (Å²) in [6.07, 6.45) is 14.7. The van der Waals surface area contributed by atoms with Gasteiger partial charge in [0.1, 0.15) is 5.75 Å². The minimum absolute atomic E-state index is 0.227. The van der Waals surface area contributed by atoms with Gasteiger partial charge in [-0.3, -0.25) is 0 Å². The van der Waals surface area contributed by atoms with Gasteiger partial charge in [0.05, 0.1) is 13.7 Å². The van der Waals surface area contributed by atoms with Gasteiger partial charge in [0.15, 0.2) is 8.32 Å². The summed E-state index contributed by atoms with van der Waals surface area (Å²) in [6, 6.07) is 8.07. The van der Waals surface area contributed by atoms with Crippen LogP contribution < -0.4 is 4.74 Å². The second-order valence-corrected chi connectivity index (χ2v) is 14.5. The Morgan fingerprint density at radius 1 is 0.967 bits per heavy atom. The van der Waals surface area contributed by atoms with E-state index in [1.54, 1.807) is 7.11 Å². The molecule has 0 radical (unpaired) electrons. The summed E-state index contributed by atoms with van der Waals surface area (Å²) in [5.41, 5.74) is 1.17. The van der Waals surface area contributed by atoms with E-state index in [4.69, 9.17) is 20.3 Å². The average molecular weight is 433 g/mol. The smallest absolute Gasteiger partial charge is 0.192 e. The number of benzene rings is 1. The van der Waals surface area contributed by atoms with E-state index < -0.39 is 8.32 Å². The lowest BCUT2D eigenvalue weighted by Crippen LogP contribution is -2.44. The molecule has 0 amide bonds. The fourth-order valence-electron chi connectivity index (χ4n) is 3.11. The van der Waals surface area contributed by atoms with Gasteiger partial charge in [-0.05, 0) is 55.1 Å². The Morgan fingerprint density at radius 3 is 2.20 bits per heavy atom. The first-order valence-corrected chi connectivity index (χ1v) is 14.4. The molecule has 170 valence electrons. The van der Waals surface area contributed by atoms with Crippen molar-refractivity contribution in [2.24, 2.45) is 0 Å². The minimum atomic E-state index is -1.78. The van der Waals surface area contributed by atoms with Crippen molar-refractivity contribution < 1.29 is 13.9 Å². The number of methoxy groups -OCH3 is 1. The molecular formula is C26H44O3Si. The summed E-state index contributed by atoms with van der Waals surface area (Å²) < 4.78 is 17.9. The normalized spacial score (nSPS) is 13.1. The van der Waals surface area contributed by atoms with Crippen LogP contribution in [0.5, 0.6) is 5.75 Å². The van der Waals surface area contributed by atoms with Crippen LogP contribution in [0, 0.1) is 12.3 Å². The number of ether oxygens (including phenoxy) is 2. The Balaban J connectivity index is 2.45. The van der Waals surface area contributed by atoms with Crippen LogP contribution in [0.3, 0.4) is 0 Å². The summed E-state index contributed by atoms with van der Waals surface area (Å²) >= 11 is 0. The molecule has 0 saturated carbocycles. The number of terminal acetylenes is 1. The van der Waals surface area contributed by atoms with Crippen molar-refractivity contribution in [2.45, 2.75) is 103 Å². The molecule has 30 heavy (non-hydrogen) atoms. The quantitative estimate of drug-likeness (QED) is 0.165. The predicted octanol–water partition coefficient (Wildman–Crippen LogP) is 7.36. The minimum Gasteiger partial charge on any atom is -0.497 e. The molecule has 1 atom stereocenters. The summed E-state index contributed by atoms with van der Waals surface area (Å²) in [5, 5.41) is 0.227. The maximum Gasteiger partial charge on any atom is 0.192 e. The van der Waals surface area contributed by atoms with Crippen molar-refractivity contribution in [2.75, 3.05) is 13.7 Å². The summed E-state index contributed by atoms with van der Waals surface area (Å²) in [4.78, 5) is 0. The van der Waals surface area contributed by atoms with Gasteiger partial charge in [0, 0.05) is 19.1 Å². The zero-order valence-electron chi connectivity index (χ0n) is 20.3. The molecule has 0 bridgehead atoms. The van der Waals surface area contributed by atoms with Crippen LogP contribution in [0.4, 0.5) is 0 Å². The molecule has 4 heteroatoms. The highest BCUT2D eigenvalue weighted by Crippen LogP contribution is 2.38. The molecule has 0 unspecified atom stereocenters. The lowest BCUT2D eigenvalue weighted by atomic mass is 10.1. The van der Waals surface area contributed by atoms with Gasteiger partial charge in [0.2, 0.25) is 0 Å². The fraction of sp³-hybridized carbons (Fsp3) is 0.692. The Morgan fingerprint density at radius 2 is 1.60 bits per heavy atom. The second-order valence-electron chi connectivity index (χ2n) is 9.70. The van der Waals surface area contributed by atoms with Crippen LogP contribution in [-0.2, 0) is 15.8 Å². The molecule has 0 saturated heterocycles. The van der Waals surface area contributed by atoms with Crippen LogP contribution in [0.25, 0.3) is 0 Å². The molecule has 0 N–H and O–H groups in total. The van der Waals surface area contributed by atoms with Gasteiger partial charge in [-0.1, -0.05) is 58.6 Å². The van der Waals surface area contributed by atoms with Crippen LogP contribution in [0.15, 0.2) is 24.3 Å². The van der Waals surface area contributed by atoms with Crippen molar-refractivity contribution in [1.29, 1.82) is 0 Å². The standard InChI is InChI=1S/C26H44O3Si/c1-8-9-10-11-12-13-14-15-25(29-30(6,7)26(2,3)4)20-21-28-22-23-16-18-24(27-5)19-17-23/h1,16-19,25H,9-15,20-22H2,2-7H3/t25-/m0/s1. The third-order valence-corrected chi connectivity index (χ3v) is 10.7. The molecule has 0 aliphatic rings. The highest BCUT2D eigenvalue weighted by atomic mass is 28.4. The molecule has 1 aromatic rings. The van der Waals surface area contributed by atoms with E-state index in [2.05, 4.69) is 51.9 Å². The van der Waals surface area contributed by atoms with Crippen molar-refractivity contribution in [3.05, 3.63) is 29.8 Å². The molecule has 0 aromatic heterocycles. The van der Waals surface area contributed by atoms with E-state index in [0.29, 0.717) is 6.61 Å². The summed E-state index contributed by atoms with van der Waals surface area (Å²) in [6.45, 7) is 13.0. The van der Waals surface area contributed by atoms with E-state index in [1.807, 2.05) is 12.1 Å². The highest BCUT2D eigenvalue weighted by Gasteiger charge is 2.38. The maximum absolute atomic E-state index is 6.75. The molecule has 3 nitrogen and oxygen atoms in total. The lowest BCUT2D eigenvalue weighted by molar-refractivity contribution is 0.0731. The monoisotopic (exact) mass is 432 g/mol. The summed E-state index contributed by atoms with van der Waals surface area (Å²) in [7, 11) is -0.0944. The molecule has 0 aliphatic heterocycles. The van der Waals surface area contributed by atoms with Crippen LogP contribution in [0.2, 0.25) is 18.1 Å². The van der Waals surface area contributed by atoms with Gasteiger partial charge >= 0.3 is 0 Å². The van der Waals surface area contributed by atoms with Crippen LogP contribution in [0.1, 0.15) is 77.7 Å². The topological polar surface area (TPSA) is 27.7 Å². The van der Waals surface area contributed by atoms with E-state index in [0.717, 1.165) is 38.0 Å². The fourth-order valence-corrected chi connectivity index (χ4v) is 4.53. The highest BCUT2D eigenvalue weighted by molar-refractivity contribution is 6.74. The van der Waals surface area contributed by atoms with Crippen molar-refractivity contribution in [3.63, 3.8) is 0 Å². The Hall–Kier alpha value is -1.28. The number of hydrogen-bond acceptors (Lipinski definition) is 3. The zero-order chi connectivity index (χ0) is 22.5. The van der Waals surface area contributed by atoms with Gasteiger partial charge in [-0.2, -0.15) is 0 Å². The Labute approximate surface area is 187 Å². The van der Waals surface area contributed by atoms with Gasteiger partial charge in [-0.25, -0.2) is 0 Å². The second kappa shape index (κ2) is 13.9. The Kier molecular flexibility index (Phi) is 12.4.